The number of morpholine rings is 1. The van der Waals surface area contributed by atoms with Gasteiger partial charge in [-0.15, -0.1) is 0 Å². The van der Waals surface area contributed by atoms with Crippen molar-refractivity contribution in [2.24, 2.45) is 0 Å². The fourth-order valence-electron chi connectivity index (χ4n) is 4.72. The number of nitrogens with one attached hydrogen (secondary N) is 1. The number of ether oxygens (including phenoxy) is 2. The van der Waals surface area contributed by atoms with Gasteiger partial charge in [0.1, 0.15) is 12.4 Å². The highest BCUT2D eigenvalue weighted by Crippen LogP contribution is 2.33. The Hall–Kier alpha value is -2.74. The topological polar surface area (TPSA) is 71.1 Å². The van der Waals surface area contributed by atoms with Crippen molar-refractivity contribution < 1.29 is 19.1 Å². The molecule has 168 valence electrons. The average molecular weight is 436 g/mol. The second kappa shape index (κ2) is 9.40. The van der Waals surface area contributed by atoms with Crippen LogP contribution in [-0.2, 0) is 40.6 Å². The molecule has 3 aliphatic rings. The Kier molecular flexibility index (Phi) is 6.21. The highest BCUT2D eigenvalue weighted by atomic mass is 16.5. The molecule has 2 aromatic rings. The molecule has 2 aromatic carbocycles. The van der Waals surface area contributed by atoms with Crippen molar-refractivity contribution in [3.63, 3.8) is 0 Å². The number of benzene rings is 2. The Morgan fingerprint density at radius 1 is 1.00 bits per heavy atom. The van der Waals surface area contributed by atoms with Crippen LogP contribution >= 0.6 is 0 Å². The van der Waals surface area contributed by atoms with Gasteiger partial charge in [0.15, 0.2) is 0 Å². The molecule has 2 fully saturated rings. The largest absolute Gasteiger partial charge is 0.489 e. The van der Waals surface area contributed by atoms with Gasteiger partial charge in [0.05, 0.1) is 19.3 Å². The monoisotopic (exact) mass is 435 g/mol. The summed E-state index contributed by atoms with van der Waals surface area (Å²) in [7, 11) is 0. The molecular formula is C25H29N3O4. The molecule has 0 saturated carbocycles. The molecule has 0 aliphatic carbocycles. The summed E-state index contributed by atoms with van der Waals surface area (Å²) < 4.78 is 11.6. The minimum atomic E-state index is -0.257. The predicted molar refractivity (Wildman–Crippen MR) is 119 cm³/mol. The van der Waals surface area contributed by atoms with Gasteiger partial charge in [0.2, 0.25) is 11.8 Å². The first-order valence-corrected chi connectivity index (χ1v) is 11.3. The lowest BCUT2D eigenvalue weighted by Crippen LogP contribution is -2.50. The molecule has 0 bridgehead atoms. The van der Waals surface area contributed by atoms with Crippen molar-refractivity contribution in [2.45, 2.75) is 45.1 Å². The number of hydrogen-bond donors (Lipinski definition) is 1. The maximum atomic E-state index is 12.3. The van der Waals surface area contributed by atoms with E-state index in [0.29, 0.717) is 32.5 Å². The summed E-state index contributed by atoms with van der Waals surface area (Å²) in [6.07, 6.45) is 0.972. The van der Waals surface area contributed by atoms with E-state index in [4.69, 9.17) is 9.47 Å². The number of fused-ring (bicyclic) bond motifs is 1. The zero-order chi connectivity index (χ0) is 21.9. The van der Waals surface area contributed by atoms with E-state index in [0.717, 1.165) is 49.7 Å². The van der Waals surface area contributed by atoms with Gasteiger partial charge in [0, 0.05) is 44.7 Å². The molecule has 1 N–H and O–H groups in total. The van der Waals surface area contributed by atoms with Gasteiger partial charge in [0.25, 0.3) is 0 Å². The molecule has 7 nitrogen and oxygen atoms in total. The summed E-state index contributed by atoms with van der Waals surface area (Å²) in [6, 6.07) is 14.5. The smallest absolute Gasteiger partial charge is 0.243 e. The van der Waals surface area contributed by atoms with Gasteiger partial charge >= 0.3 is 0 Å². The lowest BCUT2D eigenvalue weighted by atomic mass is 10.0. The van der Waals surface area contributed by atoms with Crippen LogP contribution in [0.5, 0.6) is 5.75 Å². The van der Waals surface area contributed by atoms with E-state index in [-0.39, 0.29) is 17.9 Å². The minimum absolute atomic E-state index is 0.178. The molecule has 0 aromatic heterocycles. The van der Waals surface area contributed by atoms with Gasteiger partial charge in [-0.1, -0.05) is 36.4 Å². The van der Waals surface area contributed by atoms with E-state index in [1.54, 1.807) is 0 Å². The number of imide groups is 1. The lowest BCUT2D eigenvalue weighted by Gasteiger charge is -2.29. The number of nitrogens with zero attached hydrogens (tertiary/aromatic N) is 2. The number of carbonyl (C=O) groups is 2. The molecule has 7 heteroatoms. The fourth-order valence-corrected chi connectivity index (χ4v) is 4.72. The van der Waals surface area contributed by atoms with Gasteiger partial charge in [-0.05, 0) is 29.2 Å². The molecule has 3 heterocycles. The summed E-state index contributed by atoms with van der Waals surface area (Å²) in [5.41, 5.74) is 4.76. The number of carbonyl (C=O) groups excluding carboxylic acids is 2. The van der Waals surface area contributed by atoms with Crippen LogP contribution in [0.25, 0.3) is 0 Å². The van der Waals surface area contributed by atoms with Crippen molar-refractivity contribution in [2.75, 3.05) is 26.3 Å². The Balaban J connectivity index is 1.19. The zero-order valence-corrected chi connectivity index (χ0v) is 18.2. The van der Waals surface area contributed by atoms with Crippen LogP contribution in [0.15, 0.2) is 42.5 Å². The van der Waals surface area contributed by atoms with Crippen molar-refractivity contribution in [3.05, 3.63) is 64.7 Å². The Morgan fingerprint density at radius 2 is 1.78 bits per heavy atom. The molecule has 2 saturated heterocycles. The second-order valence-electron chi connectivity index (χ2n) is 8.76. The van der Waals surface area contributed by atoms with Gasteiger partial charge in [-0.2, -0.15) is 0 Å². The van der Waals surface area contributed by atoms with E-state index in [2.05, 4.69) is 45.4 Å². The van der Waals surface area contributed by atoms with E-state index >= 15 is 0 Å². The number of hydrogen-bond acceptors (Lipinski definition) is 6. The predicted octanol–water partition coefficient (Wildman–Crippen LogP) is 2.22. The highest BCUT2D eigenvalue weighted by molar-refractivity contribution is 6.00. The van der Waals surface area contributed by atoms with E-state index in [9.17, 15) is 9.59 Å². The molecule has 0 radical (unpaired) electrons. The van der Waals surface area contributed by atoms with E-state index in [1.807, 2.05) is 12.1 Å². The maximum absolute atomic E-state index is 12.3. The van der Waals surface area contributed by atoms with Crippen molar-refractivity contribution in [1.82, 2.24) is 15.1 Å². The zero-order valence-electron chi connectivity index (χ0n) is 18.2. The third kappa shape index (κ3) is 4.70. The number of amides is 2. The molecular weight excluding hydrogens is 406 g/mol. The van der Waals surface area contributed by atoms with Crippen molar-refractivity contribution in [3.8, 4) is 5.75 Å². The molecule has 2 amide bonds. The summed E-state index contributed by atoms with van der Waals surface area (Å²) in [5, 5.41) is 2.46. The Morgan fingerprint density at radius 3 is 2.56 bits per heavy atom. The van der Waals surface area contributed by atoms with Crippen LogP contribution < -0.4 is 10.1 Å². The van der Waals surface area contributed by atoms with Gasteiger partial charge in [-0.25, -0.2) is 0 Å². The minimum Gasteiger partial charge on any atom is -0.489 e. The van der Waals surface area contributed by atoms with Crippen molar-refractivity contribution >= 4 is 11.8 Å². The first kappa shape index (κ1) is 21.1. The Labute approximate surface area is 188 Å². The SMILES string of the molecule is O=C1CCC(N2Cc3cccc(OCc4ccc(CN5CCOCC5)cc4)c3C2)C(=O)N1. The molecule has 1 unspecified atom stereocenters. The highest BCUT2D eigenvalue weighted by Gasteiger charge is 2.35. The number of piperidine rings is 1. The van der Waals surface area contributed by atoms with Crippen LogP contribution in [0.4, 0.5) is 0 Å². The molecule has 5 rings (SSSR count). The normalized spacial score (nSPS) is 21.9. The Bertz CT molecular complexity index is 985. The third-order valence-electron chi connectivity index (χ3n) is 6.54. The molecule has 32 heavy (non-hydrogen) atoms. The summed E-state index contributed by atoms with van der Waals surface area (Å²) in [5.74, 6) is 0.506. The van der Waals surface area contributed by atoms with E-state index in [1.165, 1.54) is 11.1 Å². The van der Waals surface area contributed by atoms with Gasteiger partial charge in [-0.3, -0.25) is 24.7 Å². The quantitative estimate of drug-likeness (QED) is 0.702. The van der Waals surface area contributed by atoms with Crippen LogP contribution in [0.2, 0.25) is 0 Å². The second-order valence-corrected chi connectivity index (χ2v) is 8.76. The van der Waals surface area contributed by atoms with Crippen LogP contribution in [0.3, 0.4) is 0 Å². The molecule has 0 spiro atoms. The summed E-state index contributed by atoms with van der Waals surface area (Å²) in [6.45, 7) is 6.42. The van der Waals surface area contributed by atoms with Gasteiger partial charge < -0.3 is 9.47 Å². The van der Waals surface area contributed by atoms with Crippen LogP contribution in [0, 0.1) is 0 Å². The first-order chi connectivity index (χ1) is 15.7. The fraction of sp³-hybridized carbons (Fsp3) is 0.440. The van der Waals surface area contributed by atoms with Crippen LogP contribution in [-0.4, -0.2) is 54.0 Å². The average Bonchev–Trinajstić information content (AvgIpc) is 3.24. The van der Waals surface area contributed by atoms with E-state index < -0.39 is 0 Å². The standard InChI is InChI=1S/C25H29N3O4/c29-24-9-8-22(25(30)26-24)28-15-20-2-1-3-23(21(20)16-28)32-17-19-6-4-18(5-7-19)14-27-10-12-31-13-11-27/h1-7,22H,8-17H2,(H,26,29,30). The maximum Gasteiger partial charge on any atom is 0.243 e. The molecule has 1 atom stereocenters. The first-order valence-electron chi connectivity index (χ1n) is 11.3. The lowest BCUT2D eigenvalue weighted by molar-refractivity contribution is -0.137. The van der Waals surface area contributed by atoms with Crippen molar-refractivity contribution in [1.29, 1.82) is 0 Å². The third-order valence-corrected chi connectivity index (χ3v) is 6.54. The molecule has 3 aliphatic heterocycles. The summed E-state index contributed by atoms with van der Waals surface area (Å²) in [4.78, 5) is 28.3. The summed E-state index contributed by atoms with van der Waals surface area (Å²) >= 11 is 0. The number of rotatable bonds is 6. The van der Waals surface area contributed by atoms with Crippen LogP contribution in [0.1, 0.15) is 35.1 Å².